The van der Waals surface area contributed by atoms with Gasteiger partial charge in [0.05, 0.1) is 31.3 Å². The van der Waals surface area contributed by atoms with Crippen molar-refractivity contribution in [3.8, 4) is 22.8 Å². The Morgan fingerprint density at radius 2 is 1.89 bits per heavy atom. The van der Waals surface area contributed by atoms with E-state index in [1.54, 1.807) is 25.6 Å². The summed E-state index contributed by atoms with van der Waals surface area (Å²) in [7, 11) is 3.27. The van der Waals surface area contributed by atoms with Crippen LogP contribution in [0.1, 0.15) is 16.1 Å². The Bertz CT molecular complexity index is 935. The predicted molar refractivity (Wildman–Crippen MR) is 112 cm³/mol. The van der Waals surface area contributed by atoms with E-state index in [1.807, 2.05) is 54.8 Å². The van der Waals surface area contributed by atoms with E-state index < -0.39 is 0 Å². The average molecular weight is 397 g/mol. The molecular formula is C22H24N2O3S. The van der Waals surface area contributed by atoms with Crippen molar-refractivity contribution in [3.63, 3.8) is 0 Å². The number of thiazole rings is 1. The van der Waals surface area contributed by atoms with Crippen molar-refractivity contribution >= 4 is 17.2 Å². The largest absolute Gasteiger partial charge is 0.497 e. The first-order valence-corrected chi connectivity index (χ1v) is 9.96. The monoisotopic (exact) mass is 396 g/mol. The number of benzene rings is 2. The van der Waals surface area contributed by atoms with Gasteiger partial charge in [0, 0.05) is 17.5 Å². The molecule has 0 aliphatic carbocycles. The lowest BCUT2D eigenvalue weighted by molar-refractivity contribution is -0.120. The first-order valence-electron chi connectivity index (χ1n) is 9.08. The van der Waals surface area contributed by atoms with Gasteiger partial charge >= 0.3 is 0 Å². The minimum Gasteiger partial charge on any atom is -0.497 e. The van der Waals surface area contributed by atoms with Gasteiger partial charge in [0.25, 0.3) is 0 Å². The first kappa shape index (κ1) is 19.9. The molecule has 1 N–H and O–H groups in total. The van der Waals surface area contributed by atoms with Gasteiger partial charge < -0.3 is 14.8 Å². The smallest absolute Gasteiger partial charge is 0.224 e. The molecule has 0 fully saturated rings. The normalized spacial score (nSPS) is 10.5. The van der Waals surface area contributed by atoms with Crippen LogP contribution in [-0.2, 0) is 17.6 Å². The van der Waals surface area contributed by atoms with Crippen molar-refractivity contribution < 1.29 is 14.3 Å². The lowest BCUT2D eigenvalue weighted by Gasteiger charge is -2.11. The highest BCUT2D eigenvalue weighted by Gasteiger charge is 2.08. The molecule has 1 heterocycles. The van der Waals surface area contributed by atoms with Gasteiger partial charge in [0.2, 0.25) is 5.91 Å². The third-order valence-electron chi connectivity index (χ3n) is 4.44. The van der Waals surface area contributed by atoms with Crippen molar-refractivity contribution in [3.05, 3.63) is 64.0 Å². The van der Waals surface area contributed by atoms with E-state index in [2.05, 4.69) is 10.3 Å². The number of methoxy groups -OCH3 is 2. The third-order valence-corrected chi connectivity index (χ3v) is 5.21. The second-order valence-corrected chi connectivity index (χ2v) is 7.47. The van der Waals surface area contributed by atoms with Crippen LogP contribution < -0.4 is 14.8 Å². The van der Waals surface area contributed by atoms with E-state index in [-0.39, 0.29) is 5.91 Å². The number of nitrogens with zero attached hydrogens (tertiary/aromatic N) is 1. The maximum absolute atomic E-state index is 12.3. The number of nitrogens with one attached hydrogen (secondary N) is 1. The molecule has 1 amide bonds. The lowest BCUT2D eigenvalue weighted by atomic mass is 10.1. The second kappa shape index (κ2) is 9.37. The summed E-state index contributed by atoms with van der Waals surface area (Å²) in [4.78, 5) is 16.7. The van der Waals surface area contributed by atoms with Crippen LogP contribution in [0.4, 0.5) is 0 Å². The SMILES string of the molecule is COc1ccc(OC)c(CCNC(=O)Cc2ccc(-c3csc(C)n3)cc2)c1. The summed E-state index contributed by atoms with van der Waals surface area (Å²) in [6, 6.07) is 13.7. The Balaban J connectivity index is 1.52. The van der Waals surface area contributed by atoms with Gasteiger partial charge in [-0.2, -0.15) is 0 Å². The summed E-state index contributed by atoms with van der Waals surface area (Å²) in [5, 5.41) is 6.06. The van der Waals surface area contributed by atoms with E-state index >= 15 is 0 Å². The zero-order valence-electron chi connectivity index (χ0n) is 16.3. The van der Waals surface area contributed by atoms with Gasteiger partial charge in [-0.05, 0) is 42.7 Å². The number of aromatic nitrogens is 1. The Kier molecular flexibility index (Phi) is 6.66. The van der Waals surface area contributed by atoms with Crippen LogP contribution in [0.5, 0.6) is 11.5 Å². The van der Waals surface area contributed by atoms with E-state index in [1.165, 1.54) is 0 Å². The summed E-state index contributed by atoms with van der Waals surface area (Å²) in [6.07, 6.45) is 1.03. The molecule has 2 aromatic carbocycles. The van der Waals surface area contributed by atoms with Gasteiger partial charge in [0.15, 0.2) is 0 Å². The van der Waals surface area contributed by atoms with Crippen molar-refractivity contribution in [2.75, 3.05) is 20.8 Å². The molecule has 0 radical (unpaired) electrons. The highest BCUT2D eigenvalue weighted by atomic mass is 32.1. The van der Waals surface area contributed by atoms with Crippen LogP contribution >= 0.6 is 11.3 Å². The molecule has 0 atom stereocenters. The summed E-state index contributed by atoms with van der Waals surface area (Å²) in [5.41, 5.74) is 4.03. The number of amides is 1. The fraction of sp³-hybridized carbons (Fsp3) is 0.273. The topological polar surface area (TPSA) is 60.5 Å². The zero-order valence-corrected chi connectivity index (χ0v) is 17.1. The fourth-order valence-electron chi connectivity index (χ4n) is 2.95. The van der Waals surface area contributed by atoms with Crippen LogP contribution in [0.15, 0.2) is 47.8 Å². The van der Waals surface area contributed by atoms with Crippen LogP contribution in [0, 0.1) is 6.92 Å². The quantitative estimate of drug-likeness (QED) is 0.624. The molecule has 1 aromatic heterocycles. The Morgan fingerprint density at radius 1 is 1.11 bits per heavy atom. The molecule has 3 rings (SSSR count). The second-order valence-electron chi connectivity index (χ2n) is 6.40. The Hall–Kier alpha value is -2.86. The fourth-order valence-corrected chi connectivity index (χ4v) is 3.57. The molecule has 0 aliphatic heterocycles. The van der Waals surface area contributed by atoms with Crippen molar-refractivity contribution in [1.82, 2.24) is 10.3 Å². The van der Waals surface area contributed by atoms with Crippen molar-refractivity contribution in [2.45, 2.75) is 19.8 Å². The molecule has 5 nitrogen and oxygen atoms in total. The zero-order chi connectivity index (χ0) is 19.9. The van der Waals surface area contributed by atoms with Crippen LogP contribution in [0.2, 0.25) is 0 Å². The number of ether oxygens (including phenoxy) is 2. The van der Waals surface area contributed by atoms with E-state index in [0.29, 0.717) is 19.4 Å². The molecule has 0 aliphatic rings. The minimum atomic E-state index is -0.000819. The van der Waals surface area contributed by atoms with Crippen LogP contribution in [0.25, 0.3) is 11.3 Å². The highest BCUT2D eigenvalue weighted by Crippen LogP contribution is 2.24. The standard InChI is InChI=1S/C22H24N2O3S/c1-15-24-20(14-28-15)17-6-4-16(5-7-17)12-22(25)23-11-10-18-13-19(26-2)8-9-21(18)27-3/h4-9,13-14H,10-12H2,1-3H3,(H,23,25). The predicted octanol–water partition coefficient (Wildman–Crippen LogP) is 4.04. The van der Waals surface area contributed by atoms with Gasteiger partial charge in [-0.1, -0.05) is 24.3 Å². The summed E-state index contributed by atoms with van der Waals surface area (Å²) < 4.78 is 10.6. The van der Waals surface area contributed by atoms with Gasteiger partial charge in [0.1, 0.15) is 11.5 Å². The molecular weight excluding hydrogens is 372 g/mol. The van der Waals surface area contributed by atoms with Gasteiger partial charge in [-0.25, -0.2) is 4.98 Å². The third kappa shape index (κ3) is 5.10. The summed E-state index contributed by atoms with van der Waals surface area (Å²) in [6.45, 7) is 2.53. The van der Waals surface area contributed by atoms with E-state index in [0.717, 1.165) is 38.9 Å². The molecule has 0 unspecified atom stereocenters. The first-order chi connectivity index (χ1) is 13.6. The summed E-state index contributed by atoms with van der Waals surface area (Å²) in [5.74, 6) is 1.57. The molecule has 28 heavy (non-hydrogen) atoms. The number of hydrogen-bond acceptors (Lipinski definition) is 5. The number of rotatable bonds is 8. The molecule has 0 saturated carbocycles. The molecule has 0 saturated heterocycles. The molecule has 146 valence electrons. The minimum absolute atomic E-state index is 0.000819. The van der Waals surface area contributed by atoms with Gasteiger partial charge in [-0.15, -0.1) is 11.3 Å². The molecule has 3 aromatic rings. The Labute approximate surface area is 169 Å². The van der Waals surface area contributed by atoms with Gasteiger partial charge in [-0.3, -0.25) is 4.79 Å². The number of carbonyl (C=O) groups excluding carboxylic acids is 1. The molecule has 0 spiro atoms. The van der Waals surface area contributed by atoms with E-state index in [9.17, 15) is 4.79 Å². The summed E-state index contributed by atoms with van der Waals surface area (Å²) >= 11 is 1.63. The van der Waals surface area contributed by atoms with Crippen LogP contribution in [-0.4, -0.2) is 31.7 Å². The highest BCUT2D eigenvalue weighted by molar-refractivity contribution is 7.09. The van der Waals surface area contributed by atoms with Crippen molar-refractivity contribution in [1.29, 1.82) is 0 Å². The molecule has 6 heteroatoms. The van der Waals surface area contributed by atoms with Crippen molar-refractivity contribution in [2.24, 2.45) is 0 Å². The maximum atomic E-state index is 12.3. The number of aryl methyl sites for hydroxylation is 1. The molecule has 0 bridgehead atoms. The maximum Gasteiger partial charge on any atom is 0.224 e. The lowest BCUT2D eigenvalue weighted by Crippen LogP contribution is -2.27. The number of hydrogen-bond donors (Lipinski definition) is 1. The van der Waals surface area contributed by atoms with E-state index in [4.69, 9.17) is 9.47 Å². The number of carbonyl (C=O) groups is 1. The average Bonchev–Trinajstić information content (AvgIpc) is 3.14. The van der Waals surface area contributed by atoms with Crippen LogP contribution in [0.3, 0.4) is 0 Å². The Morgan fingerprint density at radius 3 is 2.54 bits per heavy atom.